The minimum absolute atomic E-state index is 0.0379. The molecule has 4 heteroatoms. The van der Waals surface area contributed by atoms with Gasteiger partial charge >= 0.3 is 0 Å². The monoisotopic (exact) mass is 397 g/mol. The van der Waals surface area contributed by atoms with Crippen molar-refractivity contribution in [2.75, 3.05) is 6.61 Å². The molecule has 4 rings (SSSR count). The van der Waals surface area contributed by atoms with Crippen LogP contribution in [0, 0.1) is 13.8 Å². The Morgan fingerprint density at radius 3 is 2.60 bits per heavy atom. The number of benzene rings is 2. The highest BCUT2D eigenvalue weighted by molar-refractivity contribution is 9.10. The maximum Gasteiger partial charge on any atom is 0.202 e. The molecule has 1 fully saturated rings. The summed E-state index contributed by atoms with van der Waals surface area (Å²) in [4.78, 5) is 12.6. The van der Waals surface area contributed by atoms with E-state index in [0.29, 0.717) is 6.04 Å². The number of carbonyl (C=O) groups is 1. The van der Waals surface area contributed by atoms with Crippen molar-refractivity contribution < 1.29 is 9.53 Å². The first-order valence-corrected chi connectivity index (χ1v) is 9.36. The Labute approximate surface area is 155 Å². The minimum atomic E-state index is 0.0379. The Morgan fingerprint density at radius 2 is 1.84 bits per heavy atom. The van der Waals surface area contributed by atoms with Gasteiger partial charge in [0.05, 0.1) is 0 Å². The average molecular weight is 398 g/mol. The van der Waals surface area contributed by atoms with Crippen molar-refractivity contribution in [1.82, 2.24) is 4.57 Å². The van der Waals surface area contributed by atoms with Gasteiger partial charge in [-0.25, -0.2) is 0 Å². The van der Waals surface area contributed by atoms with Gasteiger partial charge in [0.15, 0.2) is 6.61 Å². The number of halogens is 1. The Kier molecular flexibility index (Phi) is 4.16. The Bertz CT molecular complexity index is 969. The Hall–Kier alpha value is -2.07. The zero-order valence-corrected chi connectivity index (χ0v) is 16.0. The lowest BCUT2D eigenvalue weighted by Gasteiger charge is -2.09. The molecule has 1 aromatic heterocycles. The van der Waals surface area contributed by atoms with Gasteiger partial charge in [-0.2, -0.15) is 0 Å². The normalized spacial score (nSPS) is 14.0. The largest absolute Gasteiger partial charge is 0.485 e. The molecule has 0 saturated heterocycles. The summed E-state index contributed by atoms with van der Waals surface area (Å²) in [6.45, 7) is 4.17. The van der Waals surface area contributed by atoms with Crippen molar-refractivity contribution in [3.05, 3.63) is 63.9 Å². The standard InChI is InChI=1S/C21H20BrNO2/c1-13-9-20(14(2)23(13)18-6-7-18)21(24)12-25-19-8-4-15-10-17(22)5-3-16(15)11-19/h3-5,8-11,18H,6-7,12H2,1-2H3. The third kappa shape index (κ3) is 3.23. The van der Waals surface area contributed by atoms with E-state index in [1.807, 2.05) is 43.3 Å². The number of aromatic nitrogens is 1. The molecule has 0 spiro atoms. The van der Waals surface area contributed by atoms with Crippen LogP contribution in [0.3, 0.4) is 0 Å². The Balaban J connectivity index is 1.50. The van der Waals surface area contributed by atoms with Crippen molar-refractivity contribution in [1.29, 1.82) is 0 Å². The molecule has 0 atom stereocenters. The zero-order chi connectivity index (χ0) is 17.6. The second-order valence-electron chi connectivity index (χ2n) is 6.75. The number of Topliss-reactive ketones (excluding diaryl/α,β-unsaturated/α-hetero) is 1. The van der Waals surface area contributed by atoms with Gasteiger partial charge in [0, 0.05) is 27.5 Å². The third-order valence-electron chi connectivity index (χ3n) is 4.84. The van der Waals surface area contributed by atoms with Gasteiger partial charge in [0.1, 0.15) is 5.75 Å². The summed E-state index contributed by atoms with van der Waals surface area (Å²) < 4.78 is 9.11. The number of hydrogen-bond donors (Lipinski definition) is 0. The molecule has 1 aliphatic rings. The van der Waals surface area contributed by atoms with Crippen LogP contribution in [0.2, 0.25) is 0 Å². The quantitative estimate of drug-likeness (QED) is 0.523. The maximum atomic E-state index is 12.6. The number of nitrogens with zero attached hydrogens (tertiary/aromatic N) is 1. The first-order chi connectivity index (χ1) is 12.0. The van der Waals surface area contributed by atoms with Crippen molar-refractivity contribution in [2.45, 2.75) is 32.7 Å². The third-order valence-corrected chi connectivity index (χ3v) is 5.33. The van der Waals surface area contributed by atoms with E-state index in [4.69, 9.17) is 4.74 Å². The molecule has 0 N–H and O–H groups in total. The molecule has 1 aliphatic carbocycles. The summed E-state index contributed by atoms with van der Waals surface area (Å²) in [5, 5.41) is 2.24. The fourth-order valence-electron chi connectivity index (χ4n) is 3.47. The van der Waals surface area contributed by atoms with Crippen LogP contribution in [-0.2, 0) is 0 Å². The van der Waals surface area contributed by atoms with Crippen molar-refractivity contribution in [3.8, 4) is 5.75 Å². The smallest absolute Gasteiger partial charge is 0.202 e. The van der Waals surface area contributed by atoms with Gasteiger partial charge in [-0.1, -0.05) is 28.1 Å². The van der Waals surface area contributed by atoms with Crippen LogP contribution >= 0.6 is 15.9 Å². The second-order valence-corrected chi connectivity index (χ2v) is 7.67. The molecule has 0 amide bonds. The van der Waals surface area contributed by atoms with Gasteiger partial charge in [0.2, 0.25) is 5.78 Å². The van der Waals surface area contributed by atoms with E-state index >= 15 is 0 Å². The van der Waals surface area contributed by atoms with Crippen molar-refractivity contribution >= 4 is 32.5 Å². The number of rotatable bonds is 5. The number of ketones is 1. The number of carbonyl (C=O) groups excluding carboxylic acids is 1. The number of ether oxygens (including phenoxy) is 1. The van der Waals surface area contributed by atoms with E-state index in [0.717, 1.165) is 32.3 Å². The number of fused-ring (bicyclic) bond motifs is 1. The summed E-state index contributed by atoms with van der Waals surface area (Å²) >= 11 is 3.48. The van der Waals surface area contributed by atoms with Crippen LogP contribution in [0.15, 0.2) is 46.9 Å². The molecule has 0 unspecified atom stereocenters. The number of aryl methyl sites for hydroxylation is 1. The SMILES string of the molecule is Cc1cc(C(=O)COc2ccc3cc(Br)ccc3c2)c(C)n1C1CC1. The highest BCUT2D eigenvalue weighted by Crippen LogP contribution is 2.38. The number of hydrogen-bond acceptors (Lipinski definition) is 2. The molecular weight excluding hydrogens is 378 g/mol. The summed E-state index contributed by atoms with van der Waals surface area (Å²) in [6, 6.07) is 14.6. The second kappa shape index (κ2) is 6.34. The molecule has 0 radical (unpaired) electrons. The van der Waals surface area contributed by atoms with Gasteiger partial charge in [0.25, 0.3) is 0 Å². The van der Waals surface area contributed by atoms with Gasteiger partial charge in [-0.3, -0.25) is 4.79 Å². The predicted molar refractivity (Wildman–Crippen MR) is 104 cm³/mol. The first-order valence-electron chi connectivity index (χ1n) is 8.56. The lowest BCUT2D eigenvalue weighted by molar-refractivity contribution is 0.0921. The van der Waals surface area contributed by atoms with E-state index in [9.17, 15) is 4.79 Å². The Morgan fingerprint density at radius 1 is 1.12 bits per heavy atom. The van der Waals surface area contributed by atoms with E-state index in [1.54, 1.807) is 0 Å². The fourth-order valence-corrected chi connectivity index (χ4v) is 3.84. The topological polar surface area (TPSA) is 31.2 Å². The molecule has 1 heterocycles. The molecule has 3 nitrogen and oxygen atoms in total. The molecule has 0 bridgehead atoms. The van der Waals surface area contributed by atoms with Gasteiger partial charge in [-0.15, -0.1) is 0 Å². The fraction of sp³-hybridized carbons (Fsp3) is 0.286. The lowest BCUT2D eigenvalue weighted by atomic mass is 10.1. The molecule has 128 valence electrons. The van der Waals surface area contributed by atoms with Gasteiger partial charge in [-0.05, 0) is 67.8 Å². The van der Waals surface area contributed by atoms with Crippen LogP contribution in [0.25, 0.3) is 10.8 Å². The predicted octanol–water partition coefficient (Wildman–Crippen LogP) is 5.62. The van der Waals surface area contributed by atoms with Crippen LogP contribution in [0.5, 0.6) is 5.75 Å². The minimum Gasteiger partial charge on any atom is -0.485 e. The maximum absolute atomic E-state index is 12.6. The lowest BCUT2D eigenvalue weighted by Crippen LogP contribution is -2.12. The van der Waals surface area contributed by atoms with Crippen LogP contribution in [0.1, 0.15) is 40.6 Å². The highest BCUT2D eigenvalue weighted by atomic mass is 79.9. The molecule has 1 saturated carbocycles. The van der Waals surface area contributed by atoms with E-state index in [2.05, 4.69) is 33.5 Å². The van der Waals surface area contributed by atoms with E-state index < -0.39 is 0 Å². The van der Waals surface area contributed by atoms with Gasteiger partial charge < -0.3 is 9.30 Å². The van der Waals surface area contributed by atoms with E-state index in [-0.39, 0.29) is 12.4 Å². The van der Waals surface area contributed by atoms with Crippen molar-refractivity contribution in [2.24, 2.45) is 0 Å². The molecule has 0 aliphatic heterocycles. The highest BCUT2D eigenvalue weighted by Gasteiger charge is 2.28. The first kappa shape index (κ1) is 16.4. The zero-order valence-electron chi connectivity index (χ0n) is 14.4. The average Bonchev–Trinajstić information content (AvgIpc) is 3.37. The summed E-state index contributed by atoms with van der Waals surface area (Å²) in [5.41, 5.74) is 3.02. The molecule has 25 heavy (non-hydrogen) atoms. The van der Waals surface area contributed by atoms with Crippen LogP contribution in [0.4, 0.5) is 0 Å². The molecule has 3 aromatic rings. The van der Waals surface area contributed by atoms with Crippen molar-refractivity contribution in [3.63, 3.8) is 0 Å². The van der Waals surface area contributed by atoms with Crippen LogP contribution in [-0.4, -0.2) is 17.0 Å². The summed E-state index contributed by atoms with van der Waals surface area (Å²) in [7, 11) is 0. The molecule has 2 aromatic carbocycles. The van der Waals surface area contributed by atoms with E-state index in [1.165, 1.54) is 18.5 Å². The summed E-state index contributed by atoms with van der Waals surface area (Å²) in [6.07, 6.45) is 2.43. The summed E-state index contributed by atoms with van der Waals surface area (Å²) in [5.74, 6) is 0.759. The van der Waals surface area contributed by atoms with Crippen LogP contribution < -0.4 is 4.74 Å². The molecular formula is C21H20BrNO2.